The van der Waals surface area contributed by atoms with Gasteiger partial charge in [0.15, 0.2) is 5.52 Å². The topological polar surface area (TPSA) is 105 Å². The van der Waals surface area contributed by atoms with Crippen molar-refractivity contribution in [3.63, 3.8) is 0 Å². The van der Waals surface area contributed by atoms with Gasteiger partial charge in [0, 0.05) is 6.42 Å². The fraction of sp³-hybridized carbons (Fsp3) is 0.167. The lowest BCUT2D eigenvalue weighted by molar-refractivity contribution is -0.382. The fourth-order valence-electron chi connectivity index (χ4n) is 1.72. The van der Waals surface area contributed by atoms with Crippen LogP contribution in [0.2, 0.25) is 0 Å². The summed E-state index contributed by atoms with van der Waals surface area (Å²) in [5, 5.41) is 22.8. The average molecular weight is 291 g/mol. The summed E-state index contributed by atoms with van der Waals surface area (Å²) < 4.78 is 0.658. The quantitative estimate of drug-likeness (QED) is 0.496. The van der Waals surface area contributed by atoms with Gasteiger partial charge in [0.25, 0.3) is 0 Å². The minimum absolute atomic E-state index is 0.0818. The summed E-state index contributed by atoms with van der Waals surface area (Å²) in [6.07, 6.45) is 5.01. The van der Waals surface area contributed by atoms with Gasteiger partial charge in [0.1, 0.15) is 11.7 Å². The van der Waals surface area contributed by atoms with Gasteiger partial charge in [0.2, 0.25) is 0 Å². The number of carboxylic acid groups (broad SMARTS) is 1. The number of nitrogens with one attached hydrogen (secondary N) is 1. The van der Waals surface area contributed by atoms with Crippen LogP contribution in [0.1, 0.15) is 6.42 Å². The Morgan fingerprint density at radius 1 is 1.65 bits per heavy atom. The molecule has 0 spiro atoms. The lowest BCUT2D eigenvalue weighted by Crippen LogP contribution is -2.29. The van der Waals surface area contributed by atoms with Crippen LogP contribution in [-0.2, 0) is 4.79 Å². The van der Waals surface area contributed by atoms with Crippen LogP contribution in [-0.4, -0.2) is 27.0 Å². The molecule has 0 aliphatic carbocycles. The van der Waals surface area contributed by atoms with E-state index in [1.165, 1.54) is 22.9 Å². The number of aromatic nitrogens is 1. The van der Waals surface area contributed by atoms with Crippen LogP contribution in [0.4, 0.5) is 11.4 Å². The van der Waals surface area contributed by atoms with Crippen LogP contribution < -0.4 is 5.32 Å². The number of nitro benzene ring substituents is 1. The predicted octanol–water partition coefficient (Wildman–Crippen LogP) is 2.09. The van der Waals surface area contributed by atoms with Gasteiger partial charge >= 0.3 is 11.7 Å². The third-order valence-corrected chi connectivity index (χ3v) is 3.40. The van der Waals surface area contributed by atoms with Crippen molar-refractivity contribution in [2.75, 3.05) is 5.32 Å². The number of anilines is 1. The SMILES string of the molecule is C#CCC(Nc1ccc2scnc2c1[N+](=O)[O-])C(=O)O. The molecule has 0 fully saturated rings. The number of rotatable bonds is 5. The molecule has 1 aromatic carbocycles. The Morgan fingerprint density at radius 3 is 3.00 bits per heavy atom. The van der Waals surface area contributed by atoms with Crippen LogP contribution in [0.25, 0.3) is 10.2 Å². The highest BCUT2D eigenvalue weighted by Crippen LogP contribution is 2.34. The minimum Gasteiger partial charge on any atom is -0.480 e. The van der Waals surface area contributed by atoms with E-state index in [1.807, 2.05) is 0 Å². The van der Waals surface area contributed by atoms with Crippen LogP contribution >= 0.6 is 11.3 Å². The minimum atomic E-state index is -1.17. The summed E-state index contributed by atoms with van der Waals surface area (Å²) in [7, 11) is 0. The lowest BCUT2D eigenvalue weighted by Gasteiger charge is -2.13. The van der Waals surface area contributed by atoms with E-state index in [4.69, 9.17) is 11.5 Å². The van der Waals surface area contributed by atoms with E-state index >= 15 is 0 Å². The molecule has 20 heavy (non-hydrogen) atoms. The number of benzene rings is 1. The normalized spacial score (nSPS) is 11.8. The van der Waals surface area contributed by atoms with Gasteiger partial charge in [-0.3, -0.25) is 10.1 Å². The number of nitrogens with zero attached hydrogens (tertiary/aromatic N) is 2. The van der Waals surface area contributed by atoms with Gasteiger partial charge in [-0.05, 0) is 12.1 Å². The highest BCUT2D eigenvalue weighted by molar-refractivity contribution is 7.16. The molecule has 2 rings (SSSR count). The van der Waals surface area contributed by atoms with Gasteiger partial charge in [-0.1, -0.05) is 0 Å². The van der Waals surface area contributed by atoms with Crippen molar-refractivity contribution in [1.29, 1.82) is 0 Å². The van der Waals surface area contributed by atoms with Crippen molar-refractivity contribution in [3.05, 3.63) is 27.8 Å². The summed E-state index contributed by atoms with van der Waals surface area (Å²) >= 11 is 1.27. The molecule has 0 saturated carbocycles. The summed E-state index contributed by atoms with van der Waals surface area (Å²) in [6.45, 7) is 0. The molecule has 0 radical (unpaired) electrons. The largest absolute Gasteiger partial charge is 0.480 e. The Kier molecular flexibility index (Phi) is 3.81. The zero-order chi connectivity index (χ0) is 14.7. The Morgan fingerprint density at radius 2 is 2.40 bits per heavy atom. The molecule has 2 N–H and O–H groups in total. The van der Waals surface area contributed by atoms with E-state index in [-0.39, 0.29) is 23.3 Å². The molecule has 102 valence electrons. The first-order valence-electron chi connectivity index (χ1n) is 5.48. The number of terminal acetylenes is 1. The zero-order valence-electron chi connectivity index (χ0n) is 10.1. The highest BCUT2D eigenvalue weighted by atomic mass is 32.1. The molecule has 0 aliphatic rings. The van der Waals surface area contributed by atoms with E-state index < -0.39 is 16.9 Å². The molecule has 0 saturated heterocycles. The average Bonchev–Trinajstić information content (AvgIpc) is 2.85. The fourth-order valence-corrected chi connectivity index (χ4v) is 2.40. The second-order valence-corrected chi connectivity index (χ2v) is 4.75. The zero-order valence-corrected chi connectivity index (χ0v) is 10.9. The maximum absolute atomic E-state index is 11.2. The molecule has 8 heteroatoms. The summed E-state index contributed by atoms with van der Waals surface area (Å²) in [5.74, 6) is 1.05. The Hall–Kier alpha value is -2.66. The molecule has 2 aromatic rings. The standard InChI is InChI=1S/C12H9N3O4S/c1-2-3-8(12(16)17)14-7-4-5-9-10(13-6-20-9)11(7)15(18)19/h1,4-6,8,14H,3H2,(H,16,17). The van der Waals surface area contributed by atoms with Crippen LogP contribution in [0.15, 0.2) is 17.6 Å². The number of hydrogen-bond acceptors (Lipinski definition) is 6. The number of carboxylic acids is 1. The number of nitro groups is 1. The van der Waals surface area contributed by atoms with Crippen molar-refractivity contribution in [1.82, 2.24) is 4.98 Å². The van der Waals surface area contributed by atoms with Gasteiger partial charge in [-0.15, -0.1) is 23.7 Å². The van der Waals surface area contributed by atoms with Crippen LogP contribution in [0, 0.1) is 22.5 Å². The monoisotopic (exact) mass is 291 g/mol. The summed E-state index contributed by atoms with van der Waals surface area (Å²) in [4.78, 5) is 25.6. The predicted molar refractivity (Wildman–Crippen MR) is 74.8 cm³/mol. The number of aliphatic carboxylic acids is 1. The Balaban J connectivity index is 2.48. The molecular weight excluding hydrogens is 282 g/mol. The third-order valence-electron chi connectivity index (χ3n) is 2.61. The van der Waals surface area contributed by atoms with Crippen molar-refractivity contribution < 1.29 is 14.8 Å². The molecule has 7 nitrogen and oxygen atoms in total. The molecule has 0 amide bonds. The maximum atomic E-state index is 11.2. The second kappa shape index (κ2) is 5.54. The van der Waals surface area contributed by atoms with Crippen molar-refractivity contribution >= 4 is 38.9 Å². The Bertz CT molecular complexity index is 719. The first-order valence-corrected chi connectivity index (χ1v) is 6.36. The molecular formula is C12H9N3O4S. The maximum Gasteiger partial charge on any atom is 0.327 e. The highest BCUT2D eigenvalue weighted by Gasteiger charge is 2.24. The molecule has 1 heterocycles. The number of fused-ring (bicyclic) bond motifs is 1. The molecule has 0 aliphatic heterocycles. The third kappa shape index (κ3) is 2.53. The second-order valence-electron chi connectivity index (χ2n) is 3.86. The van der Waals surface area contributed by atoms with E-state index in [1.54, 1.807) is 6.07 Å². The smallest absolute Gasteiger partial charge is 0.327 e. The van der Waals surface area contributed by atoms with E-state index in [9.17, 15) is 14.9 Å². The van der Waals surface area contributed by atoms with Gasteiger partial charge in [-0.25, -0.2) is 9.78 Å². The molecule has 1 atom stereocenters. The molecule has 1 aromatic heterocycles. The lowest BCUT2D eigenvalue weighted by atomic mass is 10.1. The van der Waals surface area contributed by atoms with E-state index in [0.717, 1.165) is 0 Å². The number of thiazole rings is 1. The van der Waals surface area contributed by atoms with Crippen molar-refractivity contribution in [2.45, 2.75) is 12.5 Å². The van der Waals surface area contributed by atoms with Gasteiger partial charge in [0.05, 0.1) is 15.1 Å². The van der Waals surface area contributed by atoms with Crippen LogP contribution in [0.5, 0.6) is 0 Å². The first kappa shape index (κ1) is 13.8. The number of hydrogen-bond donors (Lipinski definition) is 2. The first-order chi connectivity index (χ1) is 9.54. The Labute approximate surface area is 117 Å². The van der Waals surface area contributed by atoms with Crippen molar-refractivity contribution in [2.24, 2.45) is 0 Å². The summed E-state index contributed by atoms with van der Waals surface area (Å²) in [5.41, 5.74) is 1.58. The van der Waals surface area contributed by atoms with E-state index in [0.29, 0.717) is 4.70 Å². The van der Waals surface area contributed by atoms with Crippen molar-refractivity contribution in [3.8, 4) is 12.3 Å². The van der Waals surface area contributed by atoms with Gasteiger partial charge < -0.3 is 10.4 Å². The number of carbonyl (C=O) groups is 1. The van der Waals surface area contributed by atoms with E-state index in [2.05, 4.69) is 16.2 Å². The molecule has 0 bridgehead atoms. The summed E-state index contributed by atoms with van der Waals surface area (Å²) in [6, 6.07) is 2.03. The van der Waals surface area contributed by atoms with Gasteiger partial charge in [-0.2, -0.15) is 0 Å². The molecule has 1 unspecified atom stereocenters. The van der Waals surface area contributed by atoms with Crippen LogP contribution in [0.3, 0.4) is 0 Å².